The van der Waals surface area contributed by atoms with E-state index in [1.165, 1.54) is 4.88 Å². The van der Waals surface area contributed by atoms with Gasteiger partial charge in [-0.05, 0) is 18.4 Å². The minimum Gasteiger partial charge on any atom is -0.378 e. The van der Waals surface area contributed by atoms with E-state index in [1.807, 2.05) is 11.8 Å². The minimum atomic E-state index is -0.146. The Labute approximate surface area is 125 Å². The van der Waals surface area contributed by atoms with Crippen LogP contribution in [0.25, 0.3) is 0 Å². The van der Waals surface area contributed by atoms with Crippen LogP contribution in [0.4, 0.5) is 0 Å². The summed E-state index contributed by atoms with van der Waals surface area (Å²) in [5, 5.41) is 5.48. The first-order valence-electron chi connectivity index (χ1n) is 7.14. The summed E-state index contributed by atoms with van der Waals surface area (Å²) < 4.78 is 5.28. The Morgan fingerprint density at radius 3 is 2.80 bits per heavy atom. The maximum atomic E-state index is 12.3. The van der Waals surface area contributed by atoms with Gasteiger partial charge in [-0.25, -0.2) is 0 Å². The van der Waals surface area contributed by atoms with E-state index in [2.05, 4.69) is 36.7 Å². The molecule has 1 fully saturated rings. The van der Waals surface area contributed by atoms with Crippen LogP contribution in [-0.4, -0.2) is 49.7 Å². The number of morpholine rings is 1. The fourth-order valence-corrected chi connectivity index (χ4v) is 3.16. The molecule has 0 aliphatic carbocycles. The van der Waals surface area contributed by atoms with Gasteiger partial charge < -0.3 is 15.0 Å². The van der Waals surface area contributed by atoms with Crippen molar-refractivity contribution in [1.82, 2.24) is 10.2 Å². The standard InChI is InChI=1S/C15H24N2O2S/c1-12(14(18)17-6-8-19-9-7-17)16-11-15(2,3)13-5-4-10-20-13/h4-5,10,12,16H,6-9,11H2,1-3H3. The van der Waals surface area contributed by atoms with Crippen molar-refractivity contribution in [2.45, 2.75) is 32.2 Å². The van der Waals surface area contributed by atoms with Crippen LogP contribution in [-0.2, 0) is 14.9 Å². The molecule has 2 heterocycles. The van der Waals surface area contributed by atoms with Crippen molar-refractivity contribution in [3.8, 4) is 0 Å². The molecule has 0 bridgehead atoms. The number of hydrogen-bond acceptors (Lipinski definition) is 4. The van der Waals surface area contributed by atoms with E-state index >= 15 is 0 Å². The van der Waals surface area contributed by atoms with E-state index in [0.29, 0.717) is 26.3 Å². The fourth-order valence-electron chi connectivity index (χ4n) is 2.30. The third-order valence-corrected chi connectivity index (χ3v) is 4.97. The number of rotatable bonds is 5. The zero-order valence-corrected chi connectivity index (χ0v) is 13.3. The summed E-state index contributed by atoms with van der Waals surface area (Å²) >= 11 is 1.77. The van der Waals surface area contributed by atoms with Crippen LogP contribution < -0.4 is 5.32 Å². The van der Waals surface area contributed by atoms with Gasteiger partial charge in [0.1, 0.15) is 0 Å². The second-order valence-corrected chi connectivity index (χ2v) is 6.85. The highest BCUT2D eigenvalue weighted by Gasteiger charge is 2.26. The Hall–Kier alpha value is -0.910. The summed E-state index contributed by atoms with van der Waals surface area (Å²) in [6, 6.07) is 4.08. The molecule has 5 heteroatoms. The topological polar surface area (TPSA) is 41.6 Å². The molecule has 20 heavy (non-hydrogen) atoms. The molecule has 0 radical (unpaired) electrons. The van der Waals surface area contributed by atoms with Crippen LogP contribution in [0.1, 0.15) is 25.6 Å². The number of hydrogen-bond donors (Lipinski definition) is 1. The first-order valence-corrected chi connectivity index (χ1v) is 8.02. The molecule has 1 unspecified atom stereocenters. The Balaban J connectivity index is 1.85. The van der Waals surface area contributed by atoms with Crippen LogP contribution in [0, 0.1) is 0 Å². The van der Waals surface area contributed by atoms with E-state index in [0.717, 1.165) is 6.54 Å². The summed E-state index contributed by atoms with van der Waals surface area (Å²) in [5.41, 5.74) is 0.0493. The second-order valence-electron chi connectivity index (χ2n) is 5.90. The number of carbonyl (C=O) groups excluding carboxylic acids is 1. The van der Waals surface area contributed by atoms with Crippen molar-refractivity contribution in [3.05, 3.63) is 22.4 Å². The largest absolute Gasteiger partial charge is 0.378 e. The molecule has 0 saturated carbocycles. The molecule has 1 atom stereocenters. The predicted molar refractivity (Wildman–Crippen MR) is 82.2 cm³/mol. The van der Waals surface area contributed by atoms with Crippen LogP contribution in [0.5, 0.6) is 0 Å². The molecule has 4 nitrogen and oxygen atoms in total. The van der Waals surface area contributed by atoms with Gasteiger partial charge in [-0.3, -0.25) is 4.79 Å². The molecule has 1 aliphatic heterocycles. The Morgan fingerprint density at radius 2 is 2.20 bits per heavy atom. The summed E-state index contributed by atoms with van der Waals surface area (Å²) in [6.07, 6.45) is 0. The Bertz CT molecular complexity index is 425. The lowest BCUT2D eigenvalue weighted by Crippen LogP contribution is -2.51. The Kier molecular flexibility index (Phi) is 5.18. The Morgan fingerprint density at radius 1 is 1.50 bits per heavy atom. The molecular weight excluding hydrogens is 272 g/mol. The molecule has 1 aliphatic rings. The average Bonchev–Trinajstić information content (AvgIpc) is 3.00. The van der Waals surface area contributed by atoms with E-state index in [-0.39, 0.29) is 17.4 Å². The number of nitrogens with zero attached hydrogens (tertiary/aromatic N) is 1. The van der Waals surface area contributed by atoms with Gasteiger partial charge in [0, 0.05) is 29.9 Å². The average molecular weight is 296 g/mol. The zero-order valence-electron chi connectivity index (χ0n) is 12.5. The number of ether oxygens (including phenoxy) is 1. The van der Waals surface area contributed by atoms with Crippen LogP contribution in [0.15, 0.2) is 17.5 Å². The van der Waals surface area contributed by atoms with Crippen molar-refractivity contribution in [2.24, 2.45) is 0 Å². The number of carbonyl (C=O) groups is 1. The molecule has 0 spiro atoms. The molecule has 2 rings (SSSR count). The zero-order chi connectivity index (χ0) is 14.6. The molecular formula is C15H24N2O2S. The highest BCUT2D eigenvalue weighted by atomic mass is 32.1. The van der Waals surface area contributed by atoms with E-state index < -0.39 is 0 Å². The van der Waals surface area contributed by atoms with E-state index in [9.17, 15) is 4.79 Å². The van der Waals surface area contributed by atoms with Gasteiger partial charge in [-0.15, -0.1) is 11.3 Å². The van der Waals surface area contributed by atoms with Crippen molar-refractivity contribution < 1.29 is 9.53 Å². The fraction of sp³-hybridized carbons (Fsp3) is 0.667. The minimum absolute atomic E-state index is 0.0493. The number of amides is 1. The molecule has 1 saturated heterocycles. The maximum Gasteiger partial charge on any atom is 0.239 e. The second kappa shape index (κ2) is 6.70. The molecule has 1 N–H and O–H groups in total. The van der Waals surface area contributed by atoms with Gasteiger partial charge in [0.25, 0.3) is 0 Å². The van der Waals surface area contributed by atoms with E-state index in [4.69, 9.17) is 4.74 Å². The lowest BCUT2D eigenvalue weighted by atomic mass is 9.91. The van der Waals surface area contributed by atoms with E-state index in [1.54, 1.807) is 11.3 Å². The van der Waals surface area contributed by atoms with Gasteiger partial charge in [0.2, 0.25) is 5.91 Å². The first-order chi connectivity index (χ1) is 9.50. The molecule has 0 aromatic carbocycles. The van der Waals surface area contributed by atoms with Crippen LogP contribution >= 0.6 is 11.3 Å². The van der Waals surface area contributed by atoms with Crippen molar-refractivity contribution in [3.63, 3.8) is 0 Å². The maximum absolute atomic E-state index is 12.3. The SMILES string of the molecule is CC(NCC(C)(C)c1cccs1)C(=O)N1CCOCC1. The number of nitrogens with one attached hydrogen (secondary N) is 1. The third kappa shape index (κ3) is 3.81. The van der Waals surface area contributed by atoms with Crippen molar-refractivity contribution in [2.75, 3.05) is 32.8 Å². The smallest absolute Gasteiger partial charge is 0.239 e. The molecule has 1 aromatic rings. The van der Waals surface area contributed by atoms with Crippen LogP contribution in [0.2, 0.25) is 0 Å². The predicted octanol–water partition coefficient (Wildman–Crippen LogP) is 1.86. The molecule has 112 valence electrons. The molecule has 1 aromatic heterocycles. The monoisotopic (exact) mass is 296 g/mol. The normalized spacial score (nSPS) is 18.1. The highest BCUT2D eigenvalue weighted by molar-refractivity contribution is 7.10. The summed E-state index contributed by atoms with van der Waals surface area (Å²) in [6.45, 7) is 9.87. The third-order valence-electron chi connectivity index (χ3n) is 3.73. The summed E-state index contributed by atoms with van der Waals surface area (Å²) in [7, 11) is 0. The lowest BCUT2D eigenvalue weighted by molar-refractivity contribution is -0.137. The van der Waals surface area contributed by atoms with Crippen molar-refractivity contribution in [1.29, 1.82) is 0 Å². The van der Waals surface area contributed by atoms with Gasteiger partial charge in [0.15, 0.2) is 0 Å². The number of thiophene rings is 1. The van der Waals surface area contributed by atoms with Gasteiger partial charge in [-0.2, -0.15) is 0 Å². The van der Waals surface area contributed by atoms with Gasteiger partial charge in [-0.1, -0.05) is 19.9 Å². The lowest BCUT2D eigenvalue weighted by Gasteiger charge is -2.31. The highest BCUT2D eigenvalue weighted by Crippen LogP contribution is 2.26. The van der Waals surface area contributed by atoms with Gasteiger partial charge >= 0.3 is 0 Å². The van der Waals surface area contributed by atoms with Crippen LogP contribution in [0.3, 0.4) is 0 Å². The quantitative estimate of drug-likeness (QED) is 0.902. The summed E-state index contributed by atoms with van der Waals surface area (Å²) in [4.78, 5) is 15.5. The van der Waals surface area contributed by atoms with Gasteiger partial charge in [0.05, 0.1) is 19.3 Å². The van der Waals surface area contributed by atoms with Crippen molar-refractivity contribution >= 4 is 17.2 Å². The first kappa shape index (κ1) is 15.5. The molecule has 1 amide bonds. The summed E-state index contributed by atoms with van der Waals surface area (Å²) in [5.74, 6) is 0.176.